The first kappa shape index (κ1) is 36.3. The third-order valence-electron chi connectivity index (χ3n) is 11.2. The fraction of sp³-hybridized carbons (Fsp3) is 0.675. The molecule has 4 aliphatic carbocycles. The number of carbonyl (C=O) groups is 1. The Morgan fingerprint density at radius 1 is 0.822 bits per heavy atom. The molecule has 6 rings (SSSR count). The van der Waals surface area contributed by atoms with Crippen molar-refractivity contribution in [3.63, 3.8) is 0 Å². The minimum Gasteiger partial charge on any atom is -0.469 e. The van der Waals surface area contributed by atoms with E-state index in [-0.39, 0.29) is 35.3 Å². The third-order valence-corrected chi connectivity index (χ3v) is 24.2. The smallest absolute Gasteiger partial charge is 0.310 e. The van der Waals surface area contributed by atoms with Gasteiger partial charge in [0.25, 0.3) is 0 Å². The third kappa shape index (κ3) is 10.2. The Bertz CT molecular complexity index is 1140. The van der Waals surface area contributed by atoms with E-state index < -0.39 is 19.8 Å². The standard InChI is InChI=1S/C22H26O3.3C6H11.H2O.Sn/c1-15(2)10-19-20(22(19,3)4)21(23)25-14-17-12-18(24-13-17)11-16-8-6-5-7-9-16;3*1-2-4-6-5-3-1;;/h5-10,12-13,19-20H,11,14H2,1-4H3;3*1H,2-6H2;1H2;. The van der Waals surface area contributed by atoms with Gasteiger partial charge in [0.2, 0.25) is 0 Å². The molecular formula is C40H61O4Sn. The predicted molar refractivity (Wildman–Crippen MR) is 188 cm³/mol. The summed E-state index contributed by atoms with van der Waals surface area (Å²) in [7, 11) is 0. The summed E-state index contributed by atoms with van der Waals surface area (Å²) >= 11 is -1.15. The topological polar surface area (TPSA) is 70.9 Å². The van der Waals surface area contributed by atoms with Crippen LogP contribution < -0.4 is 0 Å². The maximum absolute atomic E-state index is 12.4. The van der Waals surface area contributed by atoms with Gasteiger partial charge in [-0.2, -0.15) is 0 Å². The van der Waals surface area contributed by atoms with Gasteiger partial charge in [0.1, 0.15) is 12.4 Å². The van der Waals surface area contributed by atoms with Crippen LogP contribution in [0.1, 0.15) is 141 Å². The molecule has 1 aromatic heterocycles. The van der Waals surface area contributed by atoms with Gasteiger partial charge in [-0.05, 0) is 36.8 Å². The van der Waals surface area contributed by atoms with Crippen LogP contribution in [0.5, 0.6) is 0 Å². The summed E-state index contributed by atoms with van der Waals surface area (Å²) in [4.78, 5) is 12.4. The second kappa shape index (κ2) is 17.6. The van der Waals surface area contributed by atoms with Crippen LogP contribution in [0.4, 0.5) is 0 Å². The fourth-order valence-electron chi connectivity index (χ4n) is 8.74. The quantitative estimate of drug-likeness (QED) is 0.147. The van der Waals surface area contributed by atoms with Gasteiger partial charge in [0, 0.05) is 12.0 Å². The summed E-state index contributed by atoms with van der Waals surface area (Å²) in [5, 5.41) is 0. The first-order chi connectivity index (χ1) is 21.3. The Morgan fingerprint density at radius 2 is 1.33 bits per heavy atom. The van der Waals surface area contributed by atoms with Crippen molar-refractivity contribution in [2.24, 2.45) is 17.3 Å². The van der Waals surface area contributed by atoms with Crippen molar-refractivity contribution in [3.05, 3.63) is 71.2 Å². The zero-order valence-corrected chi connectivity index (χ0v) is 31.6. The molecule has 0 bridgehead atoms. The molecule has 4 saturated carbocycles. The molecule has 249 valence electrons. The summed E-state index contributed by atoms with van der Waals surface area (Å²) in [6.45, 7) is 8.65. The Labute approximate surface area is 281 Å². The van der Waals surface area contributed by atoms with E-state index in [0.717, 1.165) is 17.7 Å². The molecule has 4 fully saturated rings. The molecule has 1 heterocycles. The number of esters is 1. The largest absolute Gasteiger partial charge is 0.469 e. The molecule has 1 radical (unpaired) electrons. The Kier molecular flexibility index (Phi) is 14.2. The van der Waals surface area contributed by atoms with Crippen LogP contribution in [0.2, 0.25) is 11.8 Å². The number of ether oxygens (including phenoxy) is 1. The van der Waals surface area contributed by atoms with Crippen LogP contribution in [-0.4, -0.2) is 31.2 Å². The van der Waals surface area contributed by atoms with E-state index in [1.807, 2.05) is 24.3 Å². The van der Waals surface area contributed by atoms with E-state index in [0.29, 0.717) is 0 Å². The summed E-state index contributed by atoms with van der Waals surface area (Å²) in [6.07, 6.45) is 28.8. The van der Waals surface area contributed by atoms with Gasteiger partial charge in [0.15, 0.2) is 0 Å². The number of hydrogen-bond donors (Lipinski definition) is 0. The van der Waals surface area contributed by atoms with E-state index in [9.17, 15) is 4.79 Å². The molecule has 2 unspecified atom stereocenters. The van der Waals surface area contributed by atoms with Crippen molar-refractivity contribution in [2.45, 2.75) is 149 Å². The maximum atomic E-state index is 12.4. The van der Waals surface area contributed by atoms with Crippen LogP contribution in [0.25, 0.3) is 0 Å². The van der Waals surface area contributed by atoms with Crippen LogP contribution in [0.15, 0.2) is 58.7 Å². The summed E-state index contributed by atoms with van der Waals surface area (Å²) < 4.78 is 15.1. The molecule has 0 saturated heterocycles. The number of allylic oxidation sites excluding steroid dienone is 2. The van der Waals surface area contributed by atoms with Gasteiger partial charge in [-0.3, -0.25) is 4.79 Å². The minimum absolute atomic E-state index is 0. The molecule has 0 spiro atoms. The number of rotatable bonds is 9. The second-order valence-electron chi connectivity index (χ2n) is 15.3. The zero-order chi connectivity index (χ0) is 30.9. The molecule has 4 aliphatic rings. The molecule has 2 aromatic rings. The van der Waals surface area contributed by atoms with E-state index in [2.05, 4.69) is 45.9 Å². The van der Waals surface area contributed by atoms with Crippen molar-refractivity contribution in [1.82, 2.24) is 0 Å². The van der Waals surface area contributed by atoms with Crippen molar-refractivity contribution < 1.29 is 19.4 Å². The number of carbonyl (C=O) groups excluding carboxylic acids is 1. The van der Waals surface area contributed by atoms with E-state index >= 15 is 0 Å². The molecule has 0 amide bonds. The van der Waals surface area contributed by atoms with Crippen molar-refractivity contribution in [1.29, 1.82) is 0 Å². The van der Waals surface area contributed by atoms with E-state index in [4.69, 9.17) is 9.15 Å². The molecule has 45 heavy (non-hydrogen) atoms. The first-order valence-corrected chi connectivity index (χ1v) is 23.1. The maximum Gasteiger partial charge on any atom is 0.310 e. The van der Waals surface area contributed by atoms with Gasteiger partial charge in [-0.1, -0.05) is 55.8 Å². The van der Waals surface area contributed by atoms with Gasteiger partial charge in [-0.15, -0.1) is 0 Å². The molecule has 4 nitrogen and oxygen atoms in total. The molecule has 1 aromatic carbocycles. The summed E-state index contributed by atoms with van der Waals surface area (Å²) in [5.74, 6) is 1.01. The zero-order valence-electron chi connectivity index (χ0n) is 28.8. The Hall–Kier alpha value is -1.53. The van der Waals surface area contributed by atoms with Crippen LogP contribution >= 0.6 is 0 Å². The molecule has 5 heteroatoms. The number of furan rings is 1. The van der Waals surface area contributed by atoms with Crippen molar-refractivity contribution in [2.75, 3.05) is 0 Å². The summed E-state index contributed by atoms with van der Waals surface area (Å²) in [5.41, 5.74) is 3.33. The van der Waals surface area contributed by atoms with Crippen LogP contribution in [-0.2, 0) is 22.6 Å². The predicted octanol–water partition coefficient (Wildman–Crippen LogP) is 10.8. The van der Waals surface area contributed by atoms with Crippen LogP contribution in [0, 0.1) is 17.3 Å². The Morgan fingerprint density at radius 3 is 1.82 bits per heavy atom. The molecule has 2 atom stereocenters. The number of benzene rings is 1. The van der Waals surface area contributed by atoms with Crippen LogP contribution in [0.3, 0.4) is 0 Å². The Balaban J connectivity index is 0.000000207. The molecular weight excluding hydrogens is 663 g/mol. The van der Waals surface area contributed by atoms with Gasteiger partial charge in [0.05, 0.1) is 12.2 Å². The van der Waals surface area contributed by atoms with E-state index in [1.54, 1.807) is 103 Å². The monoisotopic (exact) mass is 725 g/mol. The second-order valence-corrected chi connectivity index (χ2v) is 25.1. The minimum atomic E-state index is -1.15. The first-order valence-electron chi connectivity index (χ1n) is 18.1. The van der Waals surface area contributed by atoms with E-state index in [1.165, 1.54) is 22.9 Å². The van der Waals surface area contributed by atoms with Gasteiger partial charge < -0.3 is 14.6 Å². The normalized spacial score (nSPS) is 23.8. The molecule has 2 N–H and O–H groups in total. The average Bonchev–Trinajstić information content (AvgIpc) is 3.32. The average molecular weight is 725 g/mol. The van der Waals surface area contributed by atoms with Gasteiger partial charge in [-0.25, -0.2) is 0 Å². The van der Waals surface area contributed by atoms with Crippen molar-refractivity contribution >= 4 is 25.7 Å². The number of hydrogen-bond acceptors (Lipinski definition) is 3. The summed E-state index contributed by atoms with van der Waals surface area (Å²) in [6, 6.07) is 12.1. The fourth-order valence-corrected chi connectivity index (χ4v) is 23.7. The van der Waals surface area contributed by atoms with Crippen molar-refractivity contribution in [3.8, 4) is 0 Å². The SMILES string of the molecule is C1CC[CH]([Sn]([CH]2CCCCC2)[CH]2CCCCC2)CC1.CC(C)=CC1C(C(=O)OCc2coc(Cc3ccccc3)c2)C1(C)C.O. The van der Waals surface area contributed by atoms with Gasteiger partial charge >= 0.3 is 134 Å². The molecule has 0 aliphatic heterocycles.